The first-order valence-corrected chi connectivity index (χ1v) is 6.20. The third-order valence-electron chi connectivity index (χ3n) is 3.10. The zero-order valence-electron chi connectivity index (χ0n) is 10.7. The Bertz CT molecular complexity index is 441. The van der Waals surface area contributed by atoms with Crippen LogP contribution in [0.5, 0.6) is 0 Å². The summed E-state index contributed by atoms with van der Waals surface area (Å²) in [4.78, 5) is 15.6. The van der Waals surface area contributed by atoms with E-state index in [2.05, 4.69) is 0 Å². The number of carbonyl (C=O) groups excluding carboxylic acids is 1. The van der Waals surface area contributed by atoms with Gasteiger partial charge >= 0.3 is 5.97 Å². The molecule has 19 heavy (non-hydrogen) atoms. The van der Waals surface area contributed by atoms with Crippen molar-refractivity contribution in [1.82, 2.24) is 9.80 Å². The summed E-state index contributed by atoms with van der Waals surface area (Å²) in [5.41, 5.74) is 5.98. The van der Waals surface area contributed by atoms with E-state index < -0.39 is 0 Å². The van der Waals surface area contributed by atoms with Crippen molar-refractivity contribution in [3.8, 4) is 0 Å². The minimum Gasteiger partial charge on any atom is -0.446 e. The number of esters is 1. The predicted octanol–water partition coefficient (Wildman–Crippen LogP) is 0.312. The summed E-state index contributed by atoms with van der Waals surface area (Å²) in [6.07, 6.45) is 0. The van der Waals surface area contributed by atoms with Crippen LogP contribution in [0, 0.1) is 5.41 Å². The van der Waals surface area contributed by atoms with E-state index in [0.717, 1.165) is 13.1 Å². The van der Waals surface area contributed by atoms with Crippen molar-refractivity contribution in [3.05, 3.63) is 35.9 Å². The second-order valence-corrected chi connectivity index (χ2v) is 4.42. The molecule has 0 bridgehead atoms. The van der Waals surface area contributed by atoms with Crippen LogP contribution >= 0.6 is 0 Å². The van der Waals surface area contributed by atoms with Crippen LogP contribution in [0.15, 0.2) is 30.3 Å². The second-order valence-electron chi connectivity index (χ2n) is 4.42. The van der Waals surface area contributed by atoms with Crippen LogP contribution in [0.4, 0.5) is 0 Å². The highest BCUT2D eigenvalue weighted by atomic mass is 16.5. The molecule has 3 N–H and O–H groups in total. The van der Waals surface area contributed by atoms with Crippen LogP contribution in [0.2, 0.25) is 0 Å². The van der Waals surface area contributed by atoms with E-state index in [1.54, 1.807) is 17.0 Å². The summed E-state index contributed by atoms with van der Waals surface area (Å²) in [7, 11) is 0. The Balaban J connectivity index is 1.75. The molecule has 0 aliphatic carbocycles. The lowest BCUT2D eigenvalue weighted by Gasteiger charge is -2.34. The number of carbonyl (C=O) groups is 1. The molecule has 2 rings (SSSR count). The van der Waals surface area contributed by atoms with Gasteiger partial charge in [-0.3, -0.25) is 10.3 Å². The Kier molecular flexibility index (Phi) is 4.35. The predicted molar refractivity (Wildman–Crippen MR) is 71.8 cm³/mol. The molecule has 0 amide bonds. The van der Waals surface area contributed by atoms with Crippen molar-refractivity contribution in [3.63, 3.8) is 0 Å². The molecule has 1 aliphatic rings. The highest BCUT2D eigenvalue weighted by molar-refractivity contribution is 5.89. The first-order valence-electron chi connectivity index (χ1n) is 6.20. The maximum atomic E-state index is 11.7. The second kappa shape index (κ2) is 6.19. The Morgan fingerprint density at radius 2 is 1.84 bits per heavy atom. The fourth-order valence-electron chi connectivity index (χ4n) is 1.93. The highest BCUT2D eigenvalue weighted by Gasteiger charge is 2.18. The van der Waals surface area contributed by atoms with Gasteiger partial charge in [0.05, 0.1) is 5.56 Å². The van der Waals surface area contributed by atoms with Gasteiger partial charge in [0.15, 0.2) is 5.96 Å². The molecule has 1 aromatic carbocycles. The van der Waals surface area contributed by atoms with Crippen molar-refractivity contribution < 1.29 is 9.53 Å². The highest BCUT2D eigenvalue weighted by Crippen LogP contribution is 2.04. The number of nitrogens with zero attached hydrogens (tertiary/aromatic N) is 2. The molecule has 1 aromatic rings. The van der Waals surface area contributed by atoms with Gasteiger partial charge in [0, 0.05) is 26.2 Å². The van der Waals surface area contributed by atoms with Gasteiger partial charge < -0.3 is 15.4 Å². The van der Waals surface area contributed by atoms with Gasteiger partial charge in [-0.15, -0.1) is 0 Å². The van der Waals surface area contributed by atoms with E-state index in [0.29, 0.717) is 18.7 Å². The van der Waals surface area contributed by atoms with Crippen LogP contribution in [-0.4, -0.2) is 54.6 Å². The molecule has 1 saturated heterocycles. The molecular formula is C13H18N4O2. The Hall–Kier alpha value is -2.08. The topological polar surface area (TPSA) is 82.7 Å². The number of benzene rings is 1. The van der Waals surface area contributed by atoms with Gasteiger partial charge in [0.25, 0.3) is 0 Å². The summed E-state index contributed by atoms with van der Waals surface area (Å²) in [6.45, 7) is 3.14. The van der Waals surface area contributed by atoms with Crippen molar-refractivity contribution >= 4 is 11.9 Å². The number of hydrogen-bond acceptors (Lipinski definition) is 4. The van der Waals surface area contributed by atoms with Gasteiger partial charge in [-0.2, -0.15) is 0 Å². The number of hydrogen-bond donors (Lipinski definition) is 2. The minimum absolute atomic E-state index is 0.0981. The van der Waals surface area contributed by atoms with Gasteiger partial charge in [0.1, 0.15) is 6.73 Å². The van der Waals surface area contributed by atoms with Gasteiger partial charge in [-0.1, -0.05) is 18.2 Å². The van der Waals surface area contributed by atoms with Gasteiger partial charge in [-0.25, -0.2) is 4.79 Å². The molecule has 6 heteroatoms. The first-order chi connectivity index (χ1) is 9.16. The average Bonchev–Trinajstić information content (AvgIpc) is 2.46. The van der Waals surface area contributed by atoms with Crippen LogP contribution in [0.25, 0.3) is 0 Å². The minimum atomic E-state index is -0.311. The molecule has 0 spiro atoms. The van der Waals surface area contributed by atoms with Crippen molar-refractivity contribution in [2.45, 2.75) is 0 Å². The third kappa shape index (κ3) is 3.69. The van der Waals surface area contributed by atoms with Gasteiger partial charge in [-0.05, 0) is 12.1 Å². The molecule has 1 heterocycles. The molecule has 0 radical (unpaired) electrons. The summed E-state index contributed by atoms with van der Waals surface area (Å²) in [5.74, 6) is -0.212. The monoisotopic (exact) mass is 262 g/mol. The summed E-state index contributed by atoms with van der Waals surface area (Å²) < 4.78 is 5.25. The van der Waals surface area contributed by atoms with Crippen LogP contribution in [0.3, 0.4) is 0 Å². The van der Waals surface area contributed by atoms with Crippen LogP contribution in [-0.2, 0) is 4.74 Å². The lowest BCUT2D eigenvalue weighted by Crippen LogP contribution is -2.51. The molecule has 0 atom stereocenters. The summed E-state index contributed by atoms with van der Waals surface area (Å²) >= 11 is 0. The maximum Gasteiger partial charge on any atom is 0.339 e. The number of nitrogens with two attached hydrogens (primary N) is 1. The lowest BCUT2D eigenvalue weighted by molar-refractivity contribution is 0.0131. The normalized spacial score (nSPS) is 16.1. The van der Waals surface area contributed by atoms with E-state index in [9.17, 15) is 4.79 Å². The zero-order chi connectivity index (χ0) is 13.7. The van der Waals surface area contributed by atoms with Crippen molar-refractivity contribution in [1.29, 1.82) is 5.41 Å². The van der Waals surface area contributed by atoms with E-state index in [-0.39, 0.29) is 18.7 Å². The first kappa shape index (κ1) is 13.4. The Labute approximate surface area is 112 Å². The molecule has 6 nitrogen and oxygen atoms in total. The fourth-order valence-corrected chi connectivity index (χ4v) is 1.93. The van der Waals surface area contributed by atoms with Crippen LogP contribution < -0.4 is 5.73 Å². The Morgan fingerprint density at radius 1 is 1.21 bits per heavy atom. The van der Waals surface area contributed by atoms with E-state index in [1.165, 1.54) is 0 Å². The molecular weight excluding hydrogens is 244 g/mol. The number of guanidine groups is 1. The number of rotatable bonds is 3. The summed E-state index contributed by atoms with van der Waals surface area (Å²) in [6, 6.07) is 8.94. The van der Waals surface area contributed by atoms with Gasteiger partial charge in [0.2, 0.25) is 0 Å². The quantitative estimate of drug-likeness (QED) is 0.465. The van der Waals surface area contributed by atoms with Crippen molar-refractivity contribution in [2.24, 2.45) is 5.73 Å². The number of nitrogens with one attached hydrogen (secondary N) is 1. The third-order valence-corrected chi connectivity index (χ3v) is 3.10. The van der Waals surface area contributed by atoms with Crippen molar-refractivity contribution in [2.75, 3.05) is 32.9 Å². The molecule has 0 saturated carbocycles. The number of piperazine rings is 1. The zero-order valence-corrected chi connectivity index (χ0v) is 10.7. The molecule has 0 unspecified atom stereocenters. The molecule has 102 valence electrons. The van der Waals surface area contributed by atoms with Crippen LogP contribution in [0.1, 0.15) is 10.4 Å². The van der Waals surface area contributed by atoms with E-state index in [4.69, 9.17) is 15.9 Å². The SMILES string of the molecule is N=C(N)N1CCN(COC(=O)c2ccccc2)CC1. The largest absolute Gasteiger partial charge is 0.446 e. The molecule has 1 fully saturated rings. The molecule has 0 aromatic heterocycles. The summed E-state index contributed by atoms with van der Waals surface area (Å²) in [5, 5.41) is 7.34. The molecule has 1 aliphatic heterocycles. The van der Waals surface area contributed by atoms with E-state index in [1.807, 2.05) is 23.1 Å². The fraction of sp³-hybridized carbons (Fsp3) is 0.385. The van der Waals surface area contributed by atoms with E-state index >= 15 is 0 Å². The maximum absolute atomic E-state index is 11.7. The Morgan fingerprint density at radius 3 is 2.42 bits per heavy atom. The number of ether oxygens (including phenoxy) is 1. The smallest absolute Gasteiger partial charge is 0.339 e. The standard InChI is InChI=1S/C13H18N4O2/c14-13(15)17-8-6-16(7-9-17)10-19-12(18)11-4-2-1-3-5-11/h1-5H,6-10H2,(H3,14,15). The average molecular weight is 262 g/mol. The lowest BCUT2D eigenvalue weighted by atomic mass is 10.2.